The highest BCUT2D eigenvalue weighted by Gasteiger charge is 2.09. The number of anilines is 1. The number of pyridine rings is 1. The molecule has 2 rings (SSSR count). The van der Waals surface area contributed by atoms with Crippen LogP contribution in [0.25, 0.3) is 0 Å². The maximum Gasteiger partial charge on any atom is 0.354 e. The van der Waals surface area contributed by atoms with Gasteiger partial charge in [-0.25, -0.2) is 18.6 Å². The predicted molar refractivity (Wildman–Crippen MR) is 69.7 cm³/mol. The quantitative estimate of drug-likeness (QED) is 0.934. The number of carbonyl (C=O) groups is 1. The summed E-state index contributed by atoms with van der Waals surface area (Å²) in [6.07, 6.45) is 0. The third-order valence-corrected chi connectivity index (χ3v) is 2.69. The zero-order valence-corrected chi connectivity index (χ0v) is 10.7. The van der Waals surface area contributed by atoms with Crippen molar-refractivity contribution in [3.05, 3.63) is 59.3 Å². The predicted octanol–water partition coefficient (Wildman–Crippen LogP) is 2.69. The van der Waals surface area contributed by atoms with Crippen LogP contribution in [0.2, 0.25) is 0 Å². The first kappa shape index (κ1) is 13.9. The van der Waals surface area contributed by atoms with Crippen LogP contribution in [0.4, 0.5) is 14.6 Å². The lowest BCUT2D eigenvalue weighted by atomic mass is 10.2. The molecule has 1 N–H and O–H groups in total. The first-order valence-electron chi connectivity index (χ1n) is 5.82. The molecular weight excluding hydrogens is 266 g/mol. The van der Waals surface area contributed by atoms with Gasteiger partial charge < -0.3 is 10.0 Å². The fourth-order valence-corrected chi connectivity index (χ4v) is 1.81. The Hall–Kier alpha value is -2.50. The highest BCUT2D eigenvalue weighted by Crippen LogP contribution is 2.15. The molecule has 0 amide bonds. The molecule has 4 nitrogen and oxygen atoms in total. The second-order valence-corrected chi connectivity index (χ2v) is 4.32. The molecular formula is C14H12F2N2O2. The van der Waals surface area contributed by atoms with Crippen molar-refractivity contribution in [3.8, 4) is 0 Å². The monoisotopic (exact) mass is 278 g/mol. The van der Waals surface area contributed by atoms with Crippen LogP contribution in [0.15, 0.2) is 36.4 Å². The van der Waals surface area contributed by atoms with E-state index in [0.717, 1.165) is 6.07 Å². The molecule has 0 aliphatic rings. The van der Waals surface area contributed by atoms with Crippen LogP contribution >= 0.6 is 0 Å². The number of aromatic carboxylic acids is 1. The van der Waals surface area contributed by atoms with E-state index in [0.29, 0.717) is 11.4 Å². The van der Waals surface area contributed by atoms with Crippen LogP contribution in [0.1, 0.15) is 16.1 Å². The molecule has 6 heteroatoms. The smallest absolute Gasteiger partial charge is 0.354 e. The molecule has 20 heavy (non-hydrogen) atoms. The van der Waals surface area contributed by atoms with E-state index in [-0.39, 0.29) is 12.2 Å². The molecule has 104 valence electrons. The normalized spacial score (nSPS) is 10.3. The Bertz CT molecular complexity index is 627. The second kappa shape index (κ2) is 5.64. The molecule has 0 bridgehead atoms. The first-order valence-corrected chi connectivity index (χ1v) is 5.82. The van der Waals surface area contributed by atoms with Gasteiger partial charge in [-0.2, -0.15) is 0 Å². The van der Waals surface area contributed by atoms with Gasteiger partial charge in [-0.05, 0) is 29.8 Å². The summed E-state index contributed by atoms with van der Waals surface area (Å²) in [5.41, 5.74) is 0.354. The van der Waals surface area contributed by atoms with Crippen LogP contribution < -0.4 is 4.90 Å². The van der Waals surface area contributed by atoms with Crippen LogP contribution in [0.3, 0.4) is 0 Å². The summed E-state index contributed by atoms with van der Waals surface area (Å²) in [5.74, 6) is -2.02. The Morgan fingerprint density at radius 3 is 2.50 bits per heavy atom. The molecule has 1 aromatic carbocycles. The van der Waals surface area contributed by atoms with E-state index in [2.05, 4.69) is 4.98 Å². The van der Waals surface area contributed by atoms with E-state index in [9.17, 15) is 13.6 Å². The van der Waals surface area contributed by atoms with Crippen molar-refractivity contribution in [1.82, 2.24) is 4.98 Å². The van der Waals surface area contributed by atoms with E-state index in [1.165, 1.54) is 18.2 Å². The van der Waals surface area contributed by atoms with Crippen molar-refractivity contribution >= 4 is 11.8 Å². The van der Waals surface area contributed by atoms with Gasteiger partial charge >= 0.3 is 5.97 Å². The molecule has 0 aliphatic carbocycles. The Labute approximate surface area is 114 Å². The van der Waals surface area contributed by atoms with Gasteiger partial charge in [-0.15, -0.1) is 0 Å². The summed E-state index contributed by atoms with van der Waals surface area (Å²) in [6, 6.07) is 7.81. The number of rotatable bonds is 4. The molecule has 0 saturated carbocycles. The van der Waals surface area contributed by atoms with Crippen LogP contribution in [-0.2, 0) is 6.54 Å². The lowest BCUT2D eigenvalue weighted by Crippen LogP contribution is -2.19. The Balaban J connectivity index is 2.21. The molecule has 0 atom stereocenters. The topological polar surface area (TPSA) is 53.4 Å². The number of benzene rings is 1. The van der Waals surface area contributed by atoms with Crippen LogP contribution in [0.5, 0.6) is 0 Å². The summed E-state index contributed by atoms with van der Waals surface area (Å²) in [4.78, 5) is 16.4. The van der Waals surface area contributed by atoms with Gasteiger partial charge in [-0.1, -0.05) is 6.07 Å². The molecule has 0 radical (unpaired) electrons. The molecule has 0 spiro atoms. The Morgan fingerprint density at radius 2 is 1.90 bits per heavy atom. The Kier molecular flexibility index (Phi) is 3.93. The standard InChI is InChI=1S/C14H12F2N2O2/c1-18(8-9-5-10(15)7-11(16)6-9)13-4-2-3-12(17-13)14(19)20/h2-7H,8H2,1H3,(H,19,20). The number of carboxylic acids is 1. The maximum absolute atomic E-state index is 13.1. The summed E-state index contributed by atoms with van der Waals surface area (Å²) in [6.45, 7) is 0.213. The number of hydrogen-bond acceptors (Lipinski definition) is 3. The molecule has 2 aromatic rings. The van der Waals surface area contributed by atoms with Crippen LogP contribution in [-0.4, -0.2) is 23.1 Å². The van der Waals surface area contributed by atoms with Gasteiger partial charge in [0, 0.05) is 19.7 Å². The van der Waals surface area contributed by atoms with Gasteiger partial charge in [0.1, 0.15) is 17.5 Å². The summed E-state index contributed by atoms with van der Waals surface area (Å²) in [5, 5.41) is 8.87. The molecule has 1 aromatic heterocycles. The zero-order valence-electron chi connectivity index (χ0n) is 10.7. The van der Waals surface area contributed by atoms with Crippen molar-refractivity contribution in [2.24, 2.45) is 0 Å². The fourth-order valence-electron chi connectivity index (χ4n) is 1.81. The lowest BCUT2D eigenvalue weighted by molar-refractivity contribution is 0.0690. The van der Waals surface area contributed by atoms with Crippen molar-refractivity contribution in [2.45, 2.75) is 6.54 Å². The molecule has 0 saturated heterocycles. The lowest BCUT2D eigenvalue weighted by Gasteiger charge is -2.18. The summed E-state index contributed by atoms with van der Waals surface area (Å²) < 4.78 is 26.2. The summed E-state index contributed by atoms with van der Waals surface area (Å²) >= 11 is 0. The number of carboxylic acid groups (broad SMARTS) is 1. The maximum atomic E-state index is 13.1. The minimum atomic E-state index is -1.13. The first-order chi connectivity index (χ1) is 9.45. The largest absolute Gasteiger partial charge is 0.477 e. The molecule has 0 fully saturated rings. The van der Waals surface area contributed by atoms with Crippen molar-refractivity contribution in [1.29, 1.82) is 0 Å². The third kappa shape index (κ3) is 3.28. The minimum Gasteiger partial charge on any atom is -0.477 e. The average Bonchev–Trinajstić information content (AvgIpc) is 2.37. The van der Waals surface area contributed by atoms with Crippen molar-refractivity contribution in [2.75, 3.05) is 11.9 Å². The van der Waals surface area contributed by atoms with Gasteiger partial charge in [0.05, 0.1) is 0 Å². The van der Waals surface area contributed by atoms with Crippen molar-refractivity contribution in [3.63, 3.8) is 0 Å². The molecule has 0 unspecified atom stereocenters. The SMILES string of the molecule is CN(Cc1cc(F)cc(F)c1)c1cccc(C(=O)O)n1. The minimum absolute atomic E-state index is 0.0835. The second-order valence-electron chi connectivity index (χ2n) is 4.32. The number of halogens is 2. The fraction of sp³-hybridized carbons (Fsp3) is 0.143. The van der Waals surface area contributed by atoms with Crippen molar-refractivity contribution < 1.29 is 18.7 Å². The molecule has 0 aliphatic heterocycles. The van der Waals surface area contributed by atoms with Crippen LogP contribution in [0, 0.1) is 11.6 Å². The number of aromatic nitrogens is 1. The zero-order chi connectivity index (χ0) is 14.7. The van der Waals surface area contributed by atoms with Gasteiger partial charge in [0.25, 0.3) is 0 Å². The van der Waals surface area contributed by atoms with E-state index in [1.807, 2.05) is 0 Å². The van der Waals surface area contributed by atoms with Gasteiger partial charge in [-0.3, -0.25) is 0 Å². The van der Waals surface area contributed by atoms with E-state index >= 15 is 0 Å². The number of nitrogens with zero attached hydrogens (tertiary/aromatic N) is 2. The highest BCUT2D eigenvalue weighted by atomic mass is 19.1. The van der Waals surface area contributed by atoms with E-state index < -0.39 is 17.6 Å². The summed E-state index contributed by atoms with van der Waals surface area (Å²) in [7, 11) is 1.66. The van der Waals surface area contributed by atoms with E-state index in [4.69, 9.17) is 5.11 Å². The Morgan fingerprint density at radius 1 is 1.25 bits per heavy atom. The number of hydrogen-bond donors (Lipinski definition) is 1. The van der Waals surface area contributed by atoms with Gasteiger partial charge in [0.2, 0.25) is 0 Å². The van der Waals surface area contributed by atoms with Gasteiger partial charge in [0.15, 0.2) is 5.69 Å². The van der Waals surface area contributed by atoms with E-state index in [1.54, 1.807) is 24.1 Å². The highest BCUT2D eigenvalue weighted by molar-refractivity contribution is 5.85. The average molecular weight is 278 g/mol. The third-order valence-electron chi connectivity index (χ3n) is 2.69. The molecule has 1 heterocycles.